The van der Waals surface area contributed by atoms with Crippen molar-refractivity contribution in [1.82, 2.24) is 0 Å². The number of nitrogens with zero attached hydrogens (tertiary/aromatic N) is 1. The maximum atomic E-state index is 2.36. The van der Waals surface area contributed by atoms with E-state index in [1.54, 1.807) is 0 Å². The maximum Gasteiger partial charge on any atom is 0.0464 e. The van der Waals surface area contributed by atoms with Crippen LogP contribution in [0.4, 0.5) is 17.1 Å². The Bertz CT molecular complexity index is 1680. The Hall–Kier alpha value is -4.14. The predicted molar refractivity (Wildman–Crippen MR) is 178 cm³/mol. The molecule has 0 aliphatic heterocycles. The molecule has 1 heterocycles. The van der Waals surface area contributed by atoms with Crippen molar-refractivity contribution in [2.75, 3.05) is 4.90 Å². The molecule has 4 aromatic carbocycles. The highest BCUT2D eigenvalue weighted by molar-refractivity contribution is 7.14. The highest BCUT2D eigenvalue weighted by atomic mass is 32.1. The van der Waals surface area contributed by atoms with Gasteiger partial charge < -0.3 is 4.90 Å². The SMILES string of the molecule is CC=Cc1sc(C=Cc2ccc(N(c3ccc(-c4ccc(C)cc4)cc3)c3ccc(C)c(C)c3)cc2C)cc1C. The van der Waals surface area contributed by atoms with Crippen molar-refractivity contribution in [3.8, 4) is 11.1 Å². The summed E-state index contributed by atoms with van der Waals surface area (Å²) in [5.74, 6) is 0. The van der Waals surface area contributed by atoms with Gasteiger partial charge in [-0.25, -0.2) is 0 Å². The van der Waals surface area contributed by atoms with Crippen LogP contribution in [0.1, 0.15) is 50.1 Å². The average Bonchev–Trinajstić information content (AvgIpc) is 3.30. The van der Waals surface area contributed by atoms with Crippen LogP contribution in [0.5, 0.6) is 0 Å². The Morgan fingerprint density at radius 1 is 0.525 bits per heavy atom. The fourth-order valence-electron chi connectivity index (χ4n) is 4.94. The molecule has 0 aliphatic rings. The summed E-state index contributed by atoms with van der Waals surface area (Å²) in [4.78, 5) is 4.96. The fraction of sp³-hybridized carbons (Fsp3) is 0.158. The molecule has 0 bridgehead atoms. The summed E-state index contributed by atoms with van der Waals surface area (Å²) in [6.45, 7) is 12.9. The van der Waals surface area contributed by atoms with Gasteiger partial charge in [-0.1, -0.05) is 66.2 Å². The van der Waals surface area contributed by atoms with Crippen molar-refractivity contribution in [2.24, 2.45) is 0 Å². The molecule has 200 valence electrons. The van der Waals surface area contributed by atoms with Crippen LogP contribution >= 0.6 is 11.3 Å². The van der Waals surface area contributed by atoms with Gasteiger partial charge >= 0.3 is 0 Å². The Kier molecular flexibility index (Phi) is 8.19. The molecule has 0 atom stereocenters. The van der Waals surface area contributed by atoms with Crippen molar-refractivity contribution in [2.45, 2.75) is 41.5 Å². The minimum atomic E-state index is 1.15. The van der Waals surface area contributed by atoms with Crippen molar-refractivity contribution >= 4 is 46.6 Å². The zero-order chi connectivity index (χ0) is 28.2. The highest BCUT2D eigenvalue weighted by Gasteiger charge is 2.14. The van der Waals surface area contributed by atoms with Gasteiger partial charge in [-0.3, -0.25) is 0 Å². The maximum absolute atomic E-state index is 2.36. The standard InChI is InChI=1S/C38H37NS/c1-7-8-38-30(6)25-37(40-38)22-17-31-14-21-36(24-29(31)5)39(35-18-11-27(3)28(4)23-35)34-19-15-33(16-20-34)32-12-9-26(2)10-13-32/h7-25H,1-6H3. The Morgan fingerprint density at radius 2 is 1.12 bits per heavy atom. The molecule has 5 rings (SSSR count). The van der Waals surface area contributed by atoms with E-state index in [1.165, 1.54) is 59.9 Å². The lowest BCUT2D eigenvalue weighted by Crippen LogP contribution is -2.10. The van der Waals surface area contributed by atoms with E-state index in [2.05, 4.69) is 162 Å². The van der Waals surface area contributed by atoms with Crippen LogP contribution < -0.4 is 4.90 Å². The van der Waals surface area contributed by atoms with Crippen molar-refractivity contribution in [3.63, 3.8) is 0 Å². The third-order valence-electron chi connectivity index (χ3n) is 7.49. The Balaban J connectivity index is 1.50. The molecular weight excluding hydrogens is 502 g/mol. The Morgan fingerprint density at radius 3 is 1.75 bits per heavy atom. The second kappa shape index (κ2) is 11.9. The largest absolute Gasteiger partial charge is 0.310 e. The summed E-state index contributed by atoms with van der Waals surface area (Å²) in [5, 5.41) is 0. The normalized spacial score (nSPS) is 11.6. The molecule has 0 amide bonds. The van der Waals surface area contributed by atoms with Crippen LogP contribution in [0.25, 0.3) is 29.4 Å². The quantitative estimate of drug-likeness (QED) is 0.199. The van der Waals surface area contributed by atoms with E-state index >= 15 is 0 Å². The summed E-state index contributed by atoms with van der Waals surface area (Å²) in [6.07, 6.45) is 8.76. The van der Waals surface area contributed by atoms with Gasteiger partial charge in [-0.05, 0) is 135 Å². The summed E-state index contributed by atoms with van der Waals surface area (Å²) >= 11 is 1.83. The molecule has 0 N–H and O–H groups in total. The molecule has 0 spiro atoms. The molecule has 5 aromatic rings. The average molecular weight is 540 g/mol. The molecular formula is C38H37NS. The van der Waals surface area contributed by atoms with Crippen LogP contribution in [-0.4, -0.2) is 0 Å². The lowest BCUT2D eigenvalue weighted by atomic mass is 10.0. The minimum absolute atomic E-state index is 1.15. The zero-order valence-corrected chi connectivity index (χ0v) is 25.1. The number of thiophene rings is 1. The van der Waals surface area contributed by atoms with Gasteiger partial charge in [-0.2, -0.15) is 0 Å². The van der Waals surface area contributed by atoms with Crippen molar-refractivity contribution < 1.29 is 0 Å². The van der Waals surface area contributed by atoms with Crippen LogP contribution in [0.3, 0.4) is 0 Å². The number of aryl methyl sites for hydroxylation is 5. The lowest BCUT2D eigenvalue weighted by Gasteiger charge is -2.27. The molecule has 0 saturated carbocycles. The fourth-order valence-corrected chi connectivity index (χ4v) is 5.99. The van der Waals surface area contributed by atoms with E-state index in [-0.39, 0.29) is 0 Å². The van der Waals surface area contributed by atoms with Crippen molar-refractivity contribution in [1.29, 1.82) is 0 Å². The van der Waals surface area contributed by atoms with E-state index < -0.39 is 0 Å². The van der Waals surface area contributed by atoms with Gasteiger partial charge in [0.2, 0.25) is 0 Å². The number of hydrogen-bond acceptors (Lipinski definition) is 2. The molecule has 40 heavy (non-hydrogen) atoms. The monoisotopic (exact) mass is 539 g/mol. The second-order valence-electron chi connectivity index (χ2n) is 10.6. The number of benzene rings is 4. The first-order valence-electron chi connectivity index (χ1n) is 13.9. The molecule has 0 saturated heterocycles. The van der Waals surface area contributed by atoms with Gasteiger partial charge in [0.15, 0.2) is 0 Å². The first kappa shape index (κ1) is 27.4. The molecule has 1 nitrogen and oxygen atoms in total. The Labute approximate surface area is 243 Å². The van der Waals surface area contributed by atoms with Gasteiger partial charge in [0, 0.05) is 26.8 Å². The summed E-state index contributed by atoms with van der Waals surface area (Å²) in [7, 11) is 0. The third-order valence-corrected chi connectivity index (χ3v) is 8.66. The van der Waals surface area contributed by atoms with Crippen molar-refractivity contribution in [3.05, 3.63) is 140 Å². The zero-order valence-electron chi connectivity index (χ0n) is 24.3. The molecule has 0 fully saturated rings. The van der Waals surface area contributed by atoms with E-state index in [4.69, 9.17) is 0 Å². The van der Waals surface area contributed by atoms with Gasteiger partial charge in [0.25, 0.3) is 0 Å². The molecule has 0 radical (unpaired) electrons. The summed E-state index contributed by atoms with van der Waals surface area (Å²) in [5.41, 5.74) is 13.6. The minimum Gasteiger partial charge on any atom is -0.310 e. The van der Waals surface area contributed by atoms with Gasteiger partial charge in [-0.15, -0.1) is 11.3 Å². The molecule has 2 heteroatoms. The topological polar surface area (TPSA) is 3.24 Å². The number of rotatable bonds is 7. The van der Waals surface area contributed by atoms with Crippen LogP contribution in [-0.2, 0) is 0 Å². The lowest BCUT2D eigenvalue weighted by molar-refractivity contribution is 1.24. The van der Waals surface area contributed by atoms with E-state index in [1.807, 2.05) is 11.3 Å². The van der Waals surface area contributed by atoms with Gasteiger partial charge in [0.05, 0.1) is 0 Å². The molecule has 0 aliphatic carbocycles. The smallest absolute Gasteiger partial charge is 0.0464 e. The summed E-state index contributed by atoms with van der Waals surface area (Å²) < 4.78 is 0. The summed E-state index contributed by atoms with van der Waals surface area (Å²) in [6, 6.07) is 33.4. The van der Waals surface area contributed by atoms with E-state index in [0.717, 1.165) is 11.4 Å². The molecule has 1 aromatic heterocycles. The predicted octanol–water partition coefficient (Wildman–Crippen LogP) is 11.6. The number of hydrogen-bond donors (Lipinski definition) is 0. The first-order valence-corrected chi connectivity index (χ1v) is 14.7. The van der Waals surface area contributed by atoms with Crippen LogP contribution in [0.15, 0.2) is 97.1 Å². The highest BCUT2D eigenvalue weighted by Crippen LogP contribution is 2.37. The van der Waals surface area contributed by atoms with Crippen LogP contribution in [0.2, 0.25) is 0 Å². The first-order chi connectivity index (χ1) is 19.3. The third kappa shape index (κ3) is 6.03. The molecule has 0 unspecified atom stereocenters. The van der Waals surface area contributed by atoms with Crippen LogP contribution in [0, 0.1) is 34.6 Å². The number of anilines is 3. The van der Waals surface area contributed by atoms with Gasteiger partial charge in [0.1, 0.15) is 0 Å². The van der Waals surface area contributed by atoms with E-state index in [9.17, 15) is 0 Å². The number of allylic oxidation sites excluding steroid dienone is 1. The van der Waals surface area contributed by atoms with E-state index in [0.29, 0.717) is 0 Å². The second-order valence-corrected chi connectivity index (χ2v) is 11.7.